The molecule has 12 heteroatoms. The molecule has 0 aliphatic heterocycles. The summed E-state index contributed by atoms with van der Waals surface area (Å²) in [6.45, 7) is 1.79. The van der Waals surface area contributed by atoms with E-state index in [1.54, 1.807) is 37.3 Å². The van der Waals surface area contributed by atoms with Gasteiger partial charge in [0.2, 0.25) is 0 Å². The van der Waals surface area contributed by atoms with Gasteiger partial charge >= 0.3 is 0 Å². The highest BCUT2D eigenvalue weighted by molar-refractivity contribution is 9.13. The Bertz CT molecular complexity index is 1590. The maximum absolute atomic E-state index is 13.0. The second-order valence-corrected chi connectivity index (χ2v) is 10.0. The van der Waals surface area contributed by atoms with Crippen LogP contribution in [0.2, 0.25) is 0 Å². The van der Waals surface area contributed by atoms with E-state index >= 15 is 0 Å². The number of non-ortho nitro benzene ring substituents is 1. The lowest BCUT2D eigenvalue weighted by molar-refractivity contribution is -0.384. The molecule has 3 aromatic carbocycles. The number of hydrogen-bond donors (Lipinski definition) is 0. The number of ether oxygens (including phenoxy) is 2. The van der Waals surface area contributed by atoms with Crippen LogP contribution in [0.4, 0.5) is 5.69 Å². The molecule has 184 valence electrons. The standard InChI is InChI=1S/C24H17Br3N4O5/c1-13-29-19-7-6-16(25)10-18(19)24(32)30(13)28-11-15-9-20(35-2)23(22(27)21(15)26)36-12-14-4-3-5-17(8-14)31(33)34/h3-11H,12H2,1-2H3. The molecule has 0 N–H and O–H groups in total. The van der Waals surface area contributed by atoms with Crippen LogP contribution in [0.1, 0.15) is 17.0 Å². The van der Waals surface area contributed by atoms with Gasteiger partial charge in [-0.05, 0) is 68.6 Å². The Morgan fingerprint density at radius 3 is 2.64 bits per heavy atom. The van der Waals surface area contributed by atoms with Gasteiger partial charge in [-0.3, -0.25) is 14.9 Å². The smallest absolute Gasteiger partial charge is 0.282 e. The third-order valence-electron chi connectivity index (χ3n) is 5.16. The Labute approximate surface area is 230 Å². The van der Waals surface area contributed by atoms with E-state index in [2.05, 4.69) is 57.9 Å². The lowest BCUT2D eigenvalue weighted by Crippen LogP contribution is -2.20. The topological polar surface area (TPSA) is 109 Å². The number of nitrogens with zero attached hydrogens (tertiary/aromatic N) is 4. The number of fused-ring (bicyclic) bond motifs is 1. The van der Waals surface area contributed by atoms with Crippen LogP contribution in [0.15, 0.2) is 71.8 Å². The van der Waals surface area contributed by atoms with E-state index in [0.29, 0.717) is 48.3 Å². The SMILES string of the molecule is COc1cc(C=Nn2c(C)nc3ccc(Br)cc3c2=O)c(Br)c(Br)c1OCc1cccc([N+](=O)[O-])c1. The minimum absolute atomic E-state index is 0.0176. The van der Waals surface area contributed by atoms with Crippen LogP contribution in [0.3, 0.4) is 0 Å². The quantitative estimate of drug-likeness (QED) is 0.128. The summed E-state index contributed by atoms with van der Waals surface area (Å²) in [7, 11) is 1.50. The van der Waals surface area contributed by atoms with Crippen molar-refractivity contribution in [1.82, 2.24) is 9.66 Å². The van der Waals surface area contributed by atoms with Gasteiger partial charge in [0, 0.05) is 26.6 Å². The van der Waals surface area contributed by atoms with Crippen molar-refractivity contribution in [2.45, 2.75) is 13.5 Å². The first-order valence-corrected chi connectivity index (χ1v) is 12.7. The van der Waals surface area contributed by atoms with Crippen molar-refractivity contribution < 1.29 is 14.4 Å². The molecule has 0 spiro atoms. The zero-order valence-electron chi connectivity index (χ0n) is 18.9. The molecule has 0 amide bonds. The molecule has 0 radical (unpaired) electrons. The van der Waals surface area contributed by atoms with Gasteiger partial charge in [0.1, 0.15) is 12.4 Å². The molecule has 36 heavy (non-hydrogen) atoms. The molecule has 4 aromatic rings. The summed E-state index contributed by atoms with van der Waals surface area (Å²) in [5.41, 5.74) is 1.51. The van der Waals surface area contributed by atoms with Crippen LogP contribution in [0.5, 0.6) is 11.5 Å². The molecule has 1 heterocycles. The van der Waals surface area contributed by atoms with Gasteiger partial charge in [-0.15, -0.1) is 0 Å². The highest BCUT2D eigenvalue weighted by Crippen LogP contribution is 2.42. The van der Waals surface area contributed by atoms with E-state index in [4.69, 9.17) is 9.47 Å². The van der Waals surface area contributed by atoms with E-state index in [1.165, 1.54) is 30.1 Å². The first-order valence-electron chi connectivity index (χ1n) is 10.3. The number of hydrogen-bond acceptors (Lipinski definition) is 7. The molecular weight excluding hydrogens is 664 g/mol. The fourth-order valence-corrected chi connectivity index (χ4v) is 4.71. The first-order chi connectivity index (χ1) is 17.2. The average Bonchev–Trinajstić information content (AvgIpc) is 2.86. The Kier molecular flexibility index (Phi) is 7.86. The number of methoxy groups -OCH3 is 1. The maximum atomic E-state index is 13.0. The van der Waals surface area contributed by atoms with Crippen LogP contribution in [-0.2, 0) is 6.61 Å². The third kappa shape index (κ3) is 5.35. The zero-order valence-corrected chi connectivity index (χ0v) is 23.6. The summed E-state index contributed by atoms with van der Waals surface area (Å²) in [5, 5.41) is 15.9. The molecule has 1 aromatic heterocycles. The molecule has 0 fully saturated rings. The van der Waals surface area contributed by atoms with Gasteiger partial charge in [-0.2, -0.15) is 9.78 Å². The second kappa shape index (κ2) is 10.9. The molecule has 0 saturated heterocycles. The predicted molar refractivity (Wildman–Crippen MR) is 147 cm³/mol. The van der Waals surface area contributed by atoms with Crippen molar-refractivity contribution in [3.8, 4) is 11.5 Å². The van der Waals surface area contributed by atoms with Crippen molar-refractivity contribution in [1.29, 1.82) is 0 Å². The number of nitro benzene ring substituents is 1. The molecule has 0 atom stereocenters. The predicted octanol–water partition coefficient (Wildman–Crippen LogP) is 6.37. The third-order valence-corrected chi connectivity index (χ3v) is 7.80. The summed E-state index contributed by atoms with van der Waals surface area (Å²) in [4.78, 5) is 28.1. The summed E-state index contributed by atoms with van der Waals surface area (Å²) in [5.74, 6) is 1.24. The number of rotatable bonds is 7. The van der Waals surface area contributed by atoms with Crippen LogP contribution < -0.4 is 15.0 Å². The molecule has 0 aliphatic carbocycles. The number of halogens is 3. The van der Waals surface area contributed by atoms with Crippen LogP contribution >= 0.6 is 47.8 Å². The van der Waals surface area contributed by atoms with Crippen molar-refractivity contribution in [2.24, 2.45) is 5.10 Å². The normalized spacial score (nSPS) is 11.2. The van der Waals surface area contributed by atoms with E-state index in [9.17, 15) is 14.9 Å². The Hall–Kier alpha value is -3.09. The van der Waals surface area contributed by atoms with Gasteiger partial charge in [-0.25, -0.2) is 4.98 Å². The van der Waals surface area contributed by atoms with E-state index in [1.807, 2.05) is 6.07 Å². The Morgan fingerprint density at radius 2 is 1.92 bits per heavy atom. The van der Waals surface area contributed by atoms with E-state index < -0.39 is 4.92 Å². The number of aryl methyl sites for hydroxylation is 1. The van der Waals surface area contributed by atoms with Gasteiger partial charge in [0.05, 0.1) is 33.6 Å². The number of benzene rings is 3. The highest BCUT2D eigenvalue weighted by atomic mass is 79.9. The van der Waals surface area contributed by atoms with Gasteiger partial charge < -0.3 is 9.47 Å². The van der Waals surface area contributed by atoms with Crippen molar-refractivity contribution >= 4 is 70.6 Å². The first kappa shape index (κ1) is 26.0. The summed E-state index contributed by atoms with van der Waals surface area (Å²) in [6.07, 6.45) is 1.52. The monoisotopic (exact) mass is 678 g/mol. The lowest BCUT2D eigenvalue weighted by atomic mass is 10.2. The van der Waals surface area contributed by atoms with Crippen molar-refractivity contribution in [3.63, 3.8) is 0 Å². The zero-order chi connectivity index (χ0) is 26.0. The lowest BCUT2D eigenvalue weighted by Gasteiger charge is -2.15. The molecule has 4 rings (SSSR count). The fraction of sp³-hybridized carbons (Fsp3) is 0.125. The van der Waals surface area contributed by atoms with Crippen LogP contribution in [-0.4, -0.2) is 27.9 Å². The highest BCUT2D eigenvalue weighted by Gasteiger charge is 2.18. The van der Waals surface area contributed by atoms with Crippen LogP contribution in [0.25, 0.3) is 10.9 Å². The Morgan fingerprint density at radius 1 is 1.14 bits per heavy atom. The van der Waals surface area contributed by atoms with Crippen molar-refractivity contribution in [2.75, 3.05) is 7.11 Å². The largest absolute Gasteiger partial charge is 0.493 e. The minimum atomic E-state index is -0.457. The van der Waals surface area contributed by atoms with Gasteiger partial charge in [-0.1, -0.05) is 28.1 Å². The molecule has 0 bridgehead atoms. The second-order valence-electron chi connectivity index (χ2n) is 7.52. The average molecular weight is 681 g/mol. The Balaban J connectivity index is 1.67. The van der Waals surface area contributed by atoms with Crippen LogP contribution in [0, 0.1) is 17.0 Å². The molecular formula is C24H17Br3N4O5. The summed E-state index contributed by atoms with van der Waals surface area (Å²) >= 11 is 10.4. The number of aromatic nitrogens is 2. The van der Waals surface area contributed by atoms with Gasteiger partial charge in [0.15, 0.2) is 11.5 Å². The van der Waals surface area contributed by atoms with E-state index in [-0.39, 0.29) is 17.9 Å². The number of nitro groups is 1. The maximum Gasteiger partial charge on any atom is 0.282 e. The summed E-state index contributed by atoms with van der Waals surface area (Å²) in [6, 6.07) is 13.2. The molecule has 0 aliphatic rings. The van der Waals surface area contributed by atoms with E-state index in [0.717, 1.165) is 4.47 Å². The van der Waals surface area contributed by atoms with Crippen molar-refractivity contribution in [3.05, 3.63) is 99.4 Å². The summed E-state index contributed by atoms with van der Waals surface area (Å²) < 4.78 is 14.6. The van der Waals surface area contributed by atoms with Gasteiger partial charge in [0.25, 0.3) is 11.2 Å². The minimum Gasteiger partial charge on any atom is -0.493 e. The molecule has 0 saturated carbocycles. The fourth-order valence-electron chi connectivity index (χ4n) is 3.42. The molecule has 0 unspecified atom stereocenters. The molecule has 9 nitrogen and oxygen atoms in total.